The Morgan fingerprint density at radius 2 is 1.85 bits per heavy atom. The van der Waals surface area contributed by atoms with Crippen LogP contribution in [0.5, 0.6) is 5.75 Å². The van der Waals surface area contributed by atoms with E-state index in [1.807, 2.05) is 0 Å². The lowest BCUT2D eigenvalue weighted by Gasteiger charge is -2.06. The molecule has 0 aliphatic carbocycles. The molecule has 4 nitrogen and oxygen atoms in total. The van der Waals surface area contributed by atoms with Gasteiger partial charge in [0.15, 0.2) is 0 Å². The first kappa shape index (κ1) is 9.54. The summed E-state index contributed by atoms with van der Waals surface area (Å²) in [6, 6.07) is 6.06. The molecule has 1 aromatic rings. The number of rotatable bonds is 2. The number of oxime groups is 1. The highest BCUT2D eigenvalue weighted by Crippen LogP contribution is 2.11. The Balaban J connectivity index is 3.00. The number of hydrogen-bond donors (Lipinski definition) is 3. The van der Waals surface area contributed by atoms with Crippen molar-refractivity contribution in [2.45, 2.75) is 13.0 Å². The van der Waals surface area contributed by atoms with Gasteiger partial charge in [0.2, 0.25) is 0 Å². The summed E-state index contributed by atoms with van der Waals surface area (Å²) < 4.78 is 0. The molecule has 1 atom stereocenters. The molecule has 0 amide bonds. The van der Waals surface area contributed by atoms with Gasteiger partial charge in [-0.2, -0.15) is 0 Å². The minimum Gasteiger partial charge on any atom is -0.508 e. The summed E-state index contributed by atoms with van der Waals surface area (Å²) in [5, 5.41) is 29.7. The summed E-state index contributed by atoms with van der Waals surface area (Å²) in [6.45, 7) is 1.50. The molecule has 0 aromatic heterocycles. The zero-order valence-electron chi connectivity index (χ0n) is 7.18. The fourth-order valence-electron chi connectivity index (χ4n) is 1.01. The number of hydrogen-bond acceptors (Lipinski definition) is 4. The quantitative estimate of drug-likeness (QED) is 0.361. The average Bonchev–Trinajstić information content (AvgIpc) is 2.09. The molecule has 0 radical (unpaired) electrons. The van der Waals surface area contributed by atoms with E-state index in [1.54, 1.807) is 12.1 Å². The minimum atomic E-state index is -0.838. The number of nitrogens with zero attached hydrogens (tertiary/aromatic N) is 1. The lowest BCUT2D eigenvalue weighted by Crippen LogP contribution is -2.17. The van der Waals surface area contributed by atoms with Crippen LogP contribution in [-0.4, -0.2) is 27.2 Å². The SMILES string of the molecule is CC(O)C(=NO)c1ccc(O)cc1. The summed E-state index contributed by atoms with van der Waals surface area (Å²) in [6.07, 6.45) is -0.838. The van der Waals surface area contributed by atoms with Gasteiger partial charge in [-0.25, -0.2) is 0 Å². The van der Waals surface area contributed by atoms with Crippen molar-refractivity contribution >= 4 is 5.71 Å². The summed E-state index contributed by atoms with van der Waals surface area (Å²) in [5.41, 5.74) is 0.760. The Morgan fingerprint density at radius 3 is 2.23 bits per heavy atom. The largest absolute Gasteiger partial charge is 0.508 e. The van der Waals surface area contributed by atoms with Gasteiger partial charge in [-0.15, -0.1) is 0 Å². The fourth-order valence-corrected chi connectivity index (χ4v) is 1.01. The number of phenols is 1. The summed E-state index contributed by atoms with van der Waals surface area (Å²) in [4.78, 5) is 0. The molecule has 0 aliphatic rings. The predicted molar refractivity (Wildman–Crippen MR) is 48.1 cm³/mol. The van der Waals surface area contributed by atoms with Crippen molar-refractivity contribution in [3.63, 3.8) is 0 Å². The van der Waals surface area contributed by atoms with Gasteiger partial charge in [0.1, 0.15) is 11.5 Å². The third-order valence-corrected chi connectivity index (χ3v) is 1.67. The van der Waals surface area contributed by atoms with E-state index in [-0.39, 0.29) is 11.5 Å². The molecule has 1 unspecified atom stereocenters. The molecule has 1 rings (SSSR count). The first-order valence-corrected chi connectivity index (χ1v) is 3.84. The molecule has 0 heterocycles. The predicted octanol–water partition coefficient (Wildman–Crippen LogP) is 0.951. The van der Waals surface area contributed by atoms with Crippen molar-refractivity contribution in [1.29, 1.82) is 0 Å². The number of benzene rings is 1. The zero-order chi connectivity index (χ0) is 9.84. The van der Waals surface area contributed by atoms with Crippen LogP contribution in [0.1, 0.15) is 12.5 Å². The van der Waals surface area contributed by atoms with Crippen LogP contribution in [-0.2, 0) is 0 Å². The monoisotopic (exact) mass is 181 g/mol. The molecule has 13 heavy (non-hydrogen) atoms. The second kappa shape index (κ2) is 3.91. The van der Waals surface area contributed by atoms with Crippen molar-refractivity contribution in [2.75, 3.05) is 0 Å². The maximum atomic E-state index is 9.18. The van der Waals surface area contributed by atoms with Crippen molar-refractivity contribution in [3.05, 3.63) is 29.8 Å². The lowest BCUT2D eigenvalue weighted by molar-refractivity contribution is 0.248. The van der Waals surface area contributed by atoms with Gasteiger partial charge in [0, 0.05) is 5.56 Å². The van der Waals surface area contributed by atoms with Crippen LogP contribution in [0.15, 0.2) is 29.4 Å². The number of aromatic hydroxyl groups is 1. The highest BCUT2D eigenvalue weighted by molar-refractivity contribution is 6.03. The van der Waals surface area contributed by atoms with E-state index in [1.165, 1.54) is 19.1 Å². The van der Waals surface area contributed by atoms with Gasteiger partial charge >= 0.3 is 0 Å². The second-order valence-corrected chi connectivity index (χ2v) is 2.71. The second-order valence-electron chi connectivity index (χ2n) is 2.71. The maximum Gasteiger partial charge on any atom is 0.115 e. The summed E-state index contributed by atoms with van der Waals surface area (Å²) in [7, 11) is 0. The van der Waals surface area contributed by atoms with E-state index < -0.39 is 6.10 Å². The van der Waals surface area contributed by atoms with E-state index in [2.05, 4.69) is 5.16 Å². The third-order valence-electron chi connectivity index (χ3n) is 1.67. The normalized spacial score (nSPS) is 14.2. The molecule has 70 valence electrons. The molecule has 0 saturated carbocycles. The highest BCUT2D eigenvalue weighted by atomic mass is 16.4. The summed E-state index contributed by atoms with van der Waals surface area (Å²) in [5.74, 6) is 0.131. The smallest absolute Gasteiger partial charge is 0.115 e. The van der Waals surface area contributed by atoms with Gasteiger partial charge < -0.3 is 15.4 Å². The average molecular weight is 181 g/mol. The Kier molecular flexibility index (Phi) is 2.87. The number of aliphatic hydroxyl groups is 1. The van der Waals surface area contributed by atoms with Gasteiger partial charge in [-0.3, -0.25) is 0 Å². The molecule has 0 bridgehead atoms. The van der Waals surface area contributed by atoms with Crippen LogP contribution in [0.25, 0.3) is 0 Å². The van der Waals surface area contributed by atoms with E-state index in [0.29, 0.717) is 5.56 Å². The van der Waals surface area contributed by atoms with Crippen LogP contribution in [0.2, 0.25) is 0 Å². The zero-order valence-corrected chi connectivity index (χ0v) is 7.18. The summed E-state index contributed by atoms with van der Waals surface area (Å²) >= 11 is 0. The van der Waals surface area contributed by atoms with Crippen LogP contribution in [0, 0.1) is 0 Å². The Bertz CT molecular complexity index is 303. The van der Waals surface area contributed by atoms with Gasteiger partial charge in [0.25, 0.3) is 0 Å². The molecule has 1 aromatic carbocycles. The van der Waals surface area contributed by atoms with E-state index in [9.17, 15) is 5.11 Å². The van der Waals surface area contributed by atoms with Crippen molar-refractivity contribution in [1.82, 2.24) is 0 Å². The molecular weight excluding hydrogens is 170 g/mol. The fraction of sp³-hybridized carbons (Fsp3) is 0.222. The molecule has 0 fully saturated rings. The van der Waals surface area contributed by atoms with Crippen LogP contribution >= 0.6 is 0 Å². The topological polar surface area (TPSA) is 73.1 Å². The maximum absolute atomic E-state index is 9.18. The lowest BCUT2D eigenvalue weighted by atomic mass is 10.1. The van der Waals surface area contributed by atoms with Crippen molar-refractivity contribution < 1.29 is 15.4 Å². The highest BCUT2D eigenvalue weighted by Gasteiger charge is 2.09. The van der Waals surface area contributed by atoms with E-state index in [4.69, 9.17) is 10.3 Å². The first-order chi connectivity index (χ1) is 6.15. The minimum absolute atomic E-state index is 0.131. The van der Waals surface area contributed by atoms with Gasteiger partial charge in [-0.05, 0) is 31.2 Å². The molecule has 0 saturated heterocycles. The standard InChI is InChI=1S/C9H11NO3/c1-6(11)9(10-13)7-2-4-8(12)5-3-7/h2-6,11-13H,1H3. The molecular formula is C9H11NO3. The van der Waals surface area contributed by atoms with Crippen molar-refractivity contribution in [3.8, 4) is 5.75 Å². The number of phenolic OH excluding ortho intramolecular Hbond substituents is 1. The number of aliphatic hydroxyl groups excluding tert-OH is 1. The van der Waals surface area contributed by atoms with E-state index in [0.717, 1.165) is 0 Å². The van der Waals surface area contributed by atoms with Gasteiger partial charge in [0.05, 0.1) is 6.10 Å². The van der Waals surface area contributed by atoms with Crippen molar-refractivity contribution in [2.24, 2.45) is 5.16 Å². The third kappa shape index (κ3) is 2.19. The van der Waals surface area contributed by atoms with Gasteiger partial charge in [-0.1, -0.05) is 5.16 Å². The Labute approximate surface area is 75.8 Å². The molecule has 0 aliphatic heterocycles. The molecule has 0 spiro atoms. The van der Waals surface area contributed by atoms with Crippen LogP contribution in [0.4, 0.5) is 0 Å². The van der Waals surface area contributed by atoms with Crippen LogP contribution < -0.4 is 0 Å². The Hall–Kier alpha value is -1.55. The molecule has 3 N–H and O–H groups in total. The van der Waals surface area contributed by atoms with E-state index >= 15 is 0 Å². The molecule has 4 heteroatoms. The first-order valence-electron chi connectivity index (χ1n) is 3.84. The van der Waals surface area contributed by atoms with Crippen LogP contribution in [0.3, 0.4) is 0 Å². The Morgan fingerprint density at radius 1 is 1.31 bits per heavy atom.